The van der Waals surface area contributed by atoms with Crippen LogP contribution in [0, 0.1) is 6.92 Å². The summed E-state index contributed by atoms with van der Waals surface area (Å²) in [7, 11) is 3.83. The summed E-state index contributed by atoms with van der Waals surface area (Å²) in [5, 5.41) is 1.32. The number of fused-ring (bicyclic) bond motifs is 5. The molecule has 2 atom stereocenters. The number of aryl methyl sites for hydroxylation is 2. The molecule has 0 spiro atoms. The lowest BCUT2D eigenvalue weighted by atomic mass is 9.98. The van der Waals surface area contributed by atoms with Crippen LogP contribution >= 0.6 is 0 Å². The van der Waals surface area contributed by atoms with Crippen LogP contribution in [0.1, 0.15) is 41.5 Å². The zero-order valence-electron chi connectivity index (χ0n) is 15.6. The third-order valence-electron chi connectivity index (χ3n) is 6.08. The highest BCUT2D eigenvalue weighted by atomic mass is 16.5. The molecule has 26 heavy (non-hydrogen) atoms. The Labute approximate surface area is 153 Å². The smallest absolute Gasteiger partial charge is 0.125 e. The van der Waals surface area contributed by atoms with E-state index in [2.05, 4.69) is 52.1 Å². The summed E-state index contributed by atoms with van der Waals surface area (Å²) < 4.78 is 7.60. The highest BCUT2D eigenvalue weighted by molar-refractivity contribution is 5.85. The Kier molecular flexibility index (Phi) is 3.54. The molecule has 0 saturated carbocycles. The number of rotatable bonds is 3. The van der Waals surface area contributed by atoms with E-state index >= 15 is 0 Å². The third kappa shape index (κ3) is 2.34. The molecule has 2 bridgehead atoms. The predicted octanol–water partition coefficient (Wildman–Crippen LogP) is 3.55. The van der Waals surface area contributed by atoms with E-state index in [0.29, 0.717) is 12.1 Å². The fourth-order valence-corrected chi connectivity index (χ4v) is 4.82. The van der Waals surface area contributed by atoms with Gasteiger partial charge in [-0.3, -0.25) is 4.90 Å². The second-order valence-electron chi connectivity index (χ2n) is 7.59. The zero-order valence-corrected chi connectivity index (χ0v) is 15.6. The molecule has 5 nitrogen and oxygen atoms in total. The molecule has 1 aromatic carbocycles. The normalized spacial score (nSPS) is 22.0. The second-order valence-corrected chi connectivity index (χ2v) is 7.59. The van der Waals surface area contributed by atoms with E-state index in [-0.39, 0.29) is 0 Å². The van der Waals surface area contributed by atoms with Crippen LogP contribution in [0.25, 0.3) is 10.9 Å². The maximum absolute atomic E-state index is 5.39. The SMILES string of the molecule is COc1ccc2c(CN3[C@@H]4CC[C@@H]3c3cnc(C)nc3C4)cn(C)c2c1. The summed E-state index contributed by atoms with van der Waals surface area (Å²) in [6, 6.07) is 7.42. The van der Waals surface area contributed by atoms with Crippen molar-refractivity contribution in [3.8, 4) is 5.75 Å². The summed E-state index contributed by atoms with van der Waals surface area (Å²) in [6.07, 6.45) is 7.84. The van der Waals surface area contributed by atoms with Gasteiger partial charge in [-0.25, -0.2) is 9.97 Å². The number of aromatic nitrogens is 3. The van der Waals surface area contributed by atoms with Gasteiger partial charge in [-0.15, -0.1) is 0 Å². The van der Waals surface area contributed by atoms with Crippen LogP contribution < -0.4 is 4.74 Å². The van der Waals surface area contributed by atoms with Gasteiger partial charge in [0.1, 0.15) is 11.6 Å². The molecule has 0 amide bonds. The first-order valence-electron chi connectivity index (χ1n) is 9.34. The molecular formula is C21H24N4O. The Morgan fingerprint density at radius 3 is 3.00 bits per heavy atom. The predicted molar refractivity (Wildman–Crippen MR) is 101 cm³/mol. The van der Waals surface area contributed by atoms with E-state index in [1.54, 1.807) is 7.11 Å². The van der Waals surface area contributed by atoms with E-state index in [1.807, 2.05) is 6.92 Å². The fraction of sp³-hybridized carbons (Fsp3) is 0.429. The maximum Gasteiger partial charge on any atom is 0.125 e. The summed E-state index contributed by atoms with van der Waals surface area (Å²) in [4.78, 5) is 11.8. The van der Waals surface area contributed by atoms with Gasteiger partial charge in [-0.05, 0) is 37.5 Å². The van der Waals surface area contributed by atoms with Crippen molar-refractivity contribution in [1.29, 1.82) is 0 Å². The Balaban J connectivity index is 1.51. The molecule has 0 N–H and O–H groups in total. The Morgan fingerprint density at radius 1 is 1.27 bits per heavy atom. The van der Waals surface area contributed by atoms with Gasteiger partial charge in [0.25, 0.3) is 0 Å². The van der Waals surface area contributed by atoms with Gasteiger partial charge in [-0.1, -0.05) is 0 Å². The molecule has 5 rings (SSSR count). The minimum absolute atomic E-state index is 0.456. The number of benzene rings is 1. The van der Waals surface area contributed by atoms with Crippen molar-refractivity contribution >= 4 is 10.9 Å². The largest absolute Gasteiger partial charge is 0.497 e. The van der Waals surface area contributed by atoms with Crippen molar-refractivity contribution in [3.05, 3.63) is 53.2 Å². The molecule has 0 unspecified atom stereocenters. The van der Waals surface area contributed by atoms with Crippen LogP contribution in [0.15, 0.2) is 30.6 Å². The van der Waals surface area contributed by atoms with E-state index in [9.17, 15) is 0 Å². The van der Waals surface area contributed by atoms with Crippen LogP contribution in [0.5, 0.6) is 5.75 Å². The highest BCUT2D eigenvalue weighted by Gasteiger charge is 2.40. The molecule has 1 saturated heterocycles. The molecule has 2 aromatic heterocycles. The summed E-state index contributed by atoms with van der Waals surface area (Å²) >= 11 is 0. The van der Waals surface area contributed by atoms with Crippen LogP contribution in [0.3, 0.4) is 0 Å². The second kappa shape index (κ2) is 5.81. The number of ether oxygens (including phenoxy) is 1. The van der Waals surface area contributed by atoms with Crippen molar-refractivity contribution in [2.24, 2.45) is 7.05 Å². The summed E-state index contributed by atoms with van der Waals surface area (Å²) in [5.41, 5.74) is 5.22. The molecule has 2 aliphatic heterocycles. The van der Waals surface area contributed by atoms with Crippen molar-refractivity contribution in [2.45, 2.75) is 44.8 Å². The number of hydrogen-bond acceptors (Lipinski definition) is 4. The summed E-state index contributed by atoms with van der Waals surface area (Å²) in [6.45, 7) is 2.96. The monoisotopic (exact) mass is 348 g/mol. The summed E-state index contributed by atoms with van der Waals surface area (Å²) in [5.74, 6) is 1.80. The van der Waals surface area contributed by atoms with Gasteiger partial charge in [-0.2, -0.15) is 0 Å². The Bertz CT molecular complexity index is 993. The van der Waals surface area contributed by atoms with E-state index in [0.717, 1.165) is 24.5 Å². The van der Waals surface area contributed by atoms with Crippen molar-refractivity contribution in [1.82, 2.24) is 19.4 Å². The quantitative estimate of drug-likeness (QED) is 0.726. The molecule has 2 aliphatic rings. The molecule has 134 valence electrons. The molecule has 3 aromatic rings. The highest BCUT2D eigenvalue weighted by Crippen LogP contribution is 2.44. The van der Waals surface area contributed by atoms with E-state index in [4.69, 9.17) is 9.72 Å². The first-order chi connectivity index (χ1) is 12.6. The number of nitrogens with zero attached hydrogens (tertiary/aromatic N) is 4. The fourth-order valence-electron chi connectivity index (χ4n) is 4.82. The van der Waals surface area contributed by atoms with Gasteiger partial charge in [0.15, 0.2) is 0 Å². The minimum Gasteiger partial charge on any atom is -0.497 e. The van der Waals surface area contributed by atoms with Gasteiger partial charge in [0, 0.05) is 61.5 Å². The van der Waals surface area contributed by atoms with E-state index in [1.165, 1.54) is 40.6 Å². The molecule has 0 radical (unpaired) electrons. The average Bonchev–Trinajstić information content (AvgIpc) is 3.10. The first kappa shape index (κ1) is 15.8. The van der Waals surface area contributed by atoms with Crippen molar-refractivity contribution in [2.75, 3.05) is 7.11 Å². The Hall–Kier alpha value is -2.40. The lowest BCUT2D eigenvalue weighted by Gasteiger charge is -2.35. The Morgan fingerprint density at radius 2 is 2.15 bits per heavy atom. The van der Waals surface area contributed by atoms with Gasteiger partial charge in [0.2, 0.25) is 0 Å². The minimum atomic E-state index is 0.456. The van der Waals surface area contributed by atoms with Crippen LogP contribution in [0.2, 0.25) is 0 Å². The first-order valence-corrected chi connectivity index (χ1v) is 9.34. The number of hydrogen-bond donors (Lipinski definition) is 0. The maximum atomic E-state index is 5.39. The third-order valence-corrected chi connectivity index (χ3v) is 6.08. The average molecular weight is 348 g/mol. The lowest BCUT2D eigenvalue weighted by Crippen LogP contribution is -2.37. The molecule has 0 aliphatic carbocycles. The standard InChI is InChI=1S/C21H24N4O/c1-13-22-10-18-19(23-13)8-15-4-7-20(18)25(15)12-14-11-24(2)21-9-16(26-3)5-6-17(14)21/h5-6,9-11,15,20H,4,7-8,12H2,1-3H3/t15-,20-/m1/s1. The molecule has 4 heterocycles. The van der Waals surface area contributed by atoms with Crippen LogP contribution in [-0.4, -0.2) is 32.6 Å². The van der Waals surface area contributed by atoms with E-state index < -0.39 is 0 Å². The molecule has 5 heteroatoms. The van der Waals surface area contributed by atoms with Gasteiger partial charge >= 0.3 is 0 Å². The van der Waals surface area contributed by atoms with Gasteiger partial charge in [0.05, 0.1) is 18.3 Å². The van der Waals surface area contributed by atoms with Crippen LogP contribution in [0.4, 0.5) is 0 Å². The molecule has 1 fully saturated rings. The topological polar surface area (TPSA) is 43.2 Å². The van der Waals surface area contributed by atoms with Crippen LogP contribution in [-0.2, 0) is 20.0 Å². The number of methoxy groups -OCH3 is 1. The van der Waals surface area contributed by atoms with Crippen molar-refractivity contribution in [3.63, 3.8) is 0 Å². The van der Waals surface area contributed by atoms with Gasteiger partial charge < -0.3 is 9.30 Å². The zero-order chi connectivity index (χ0) is 17.8. The lowest BCUT2D eigenvalue weighted by molar-refractivity contribution is 0.166. The van der Waals surface area contributed by atoms with Crippen molar-refractivity contribution < 1.29 is 4.74 Å². The molecular weight excluding hydrogens is 324 g/mol.